The van der Waals surface area contributed by atoms with Crippen molar-refractivity contribution in [3.05, 3.63) is 24.3 Å². The van der Waals surface area contributed by atoms with Crippen LogP contribution < -0.4 is 10.0 Å². The van der Waals surface area contributed by atoms with Gasteiger partial charge in [-0.1, -0.05) is 19.1 Å². The summed E-state index contributed by atoms with van der Waals surface area (Å²) in [7, 11) is -3.40. The van der Waals surface area contributed by atoms with Gasteiger partial charge in [-0.3, -0.25) is 0 Å². The molecule has 0 saturated carbocycles. The minimum Gasteiger partial charge on any atom is -0.382 e. The van der Waals surface area contributed by atoms with Gasteiger partial charge in [-0.05, 0) is 26.0 Å². The number of rotatable bonds is 5. The Balaban J connectivity index is 3.13. The molecule has 0 atom stereocenters. The number of nitrogens with one attached hydrogen (secondary N) is 2. The number of hydrogen-bond acceptors (Lipinski definition) is 3. The zero-order chi connectivity index (χ0) is 12.2. The highest BCUT2D eigenvalue weighted by Crippen LogP contribution is 2.21. The molecule has 1 aromatic carbocycles. The van der Waals surface area contributed by atoms with Crippen molar-refractivity contribution < 1.29 is 8.42 Å². The van der Waals surface area contributed by atoms with Crippen LogP contribution >= 0.6 is 0 Å². The molecule has 16 heavy (non-hydrogen) atoms. The summed E-state index contributed by atoms with van der Waals surface area (Å²) in [6, 6.07) is 7.09. The molecule has 0 saturated heterocycles. The third-order valence-corrected chi connectivity index (χ3v) is 3.56. The molecule has 0 heterocycles. The fourth-order valence-corrected chi connectivity index (χ4v) is 2.61. The van der Waals surface area contributed by atoms with E-state index in [0.29, 0.717) is 17.1 Å². The minimum absolute atomic E-state index is 0.193. The molecule has 0 aliphatic heterocycles. The SMILES string of the molecule is CCNS(=O)(=O)c1ccccc1NC(C)C. The molecule has 0 amide bonds. The predicted octanol–water partition coefficient (Wildman–Crippen LogP) is 1.81. The molecule has 0 spiro atoms. The van der Waals surface area contributed by atoms with Gasteiger partial charge in [0, 0.05) is 12.6 Å². The number of benzene rings is 1. The lowest BCUT2D eigenvalue weighted by molar-refractivity contribution is 0.584. The fraction of sp³-hybridized carbons (Fsp3) is 0.455. The fourth-order valence-electron chi connectivity index (χ4n) is 1.40. The Morgan fingerprint density at radius 1 is 1.25 bits per heavy atom. The quantitative estimate of drug-likeness (QED) is 0.828. The van der Waals surface area contributed by atoms with E-state index >= 15 is 0 Å². The second kappa shape index (κ2) is 5.32. The zero-order valence-electron chi connectivity index (χ0n) is 9.82. The van der Waals surface area contributed by atoms with Gasteiger partial charge in [-0.2, -0.15) is 0 Å². The van der Waals surface area contributed by atoms with Crippen molar-refractivity contribution in [1.82, 2.24) is 4.72 Å². The van der Waals surface area contributed by atoms with E-state index in [9.17, 15) is 8.42 Å². The van der Waals surface area contributed by atoms with E-state index in [1.807, 2.05) is 19.9 Å². The highest BCUT2D eigenvalue weighted by atomic mass is 32.2. The highest BCUT2D eigenvalue weighted by Gasteiger charge is 2.16. The van der Waals surface area contributed by atoms with Crippen LogP contribution in [0, 0.1) is 0 Å². The van der Waals surface area contributed by atoms with Crippen molar-refractivity contribution in [3.8, 4) is 0 Å². The maximum Gasteiger partial charge on any atom is 0.242 e. The lowest BCUT2D eigenvalue weighted by Crippen LogP contribution is -2.25. The molecular weight excluding hydrogens is 224 g/mol. The maximum absolute atomic E-state index is 11.9. The number of sulfonamides is 1. The molecule has 0 aliphatic carbocycles. The van der Waals surface area contributed by atoms with Crippen LogP contribution in [0.1, 0.15) is 20.8 Å². The summed E-state index contributed by atoms with van der Waals surface area (Å²) in [5.41, 5.74) is 0.637. The molecule has 1 rings (SSSR count). The third-order valence-electron chi connectivity index (χ3n) is 1.96. The van der Waals surface area contributed by atoms with E-state index in [1.54, 1.807) is 25.1 Å². The topological polar surface area (TPSA) is 58.2 Å². The van der Waals surface area contributed by atoms with Crippen molar-refractivity contribution >= 4 is 15.7 Å². The van der Waals surface area contributed by atoms with Gasteiger partial charge >= 0.3 is 0 Å². The monoisotopic (exact) mass is 242 g/mol. The lowest BCUT2D eigenvalue weighted by Gasteiger charge is -2.14. The van der Waals surface area contributed by atoms with Crippen LogP contribution in [0.5, 0.6) is 0 Å². The molecule has 0 aromatic heterocycles. The van der Waals surface area contributed by atoms with Crippen molar-refractivity contribution in [3.63, 3.8) is 0 Å². The molecule has 0 aliphatic rings. The van der Waals surface area contributed by atoms with Crippen LogP contribution in [-0.4, -0.2) is 21.0 Å². The number of anilines is 1. The van der Waals surface area contributed by atoms with Crippen molar-refractivity contribution in [2.45, 2.75) is 31.7 Å². The molecule has 0 radical (unpaired) electrons. The lowest BCUT2D eigenvalue weighted by atomic mass is 10.3. The number of para-hydroxylation sites is 1. The summed E-state index contributed by atoms with van der Waals surface area (Å²) in [6.45, 7) is 6.09. The Bertz CT molecular complexity index is 441. The zero-order valence-corrected chi connectivity index (χ0v) is 10.6. The summed E-state index contributed by atoms with van der Waals surface area (Å²) < 4.78 is 26.3. The van der Waals surface area contributed by atoms with Crippen LogP contribution in [0.25, 0.3) is 0 Å². The van der Waals surface area contributed by atoms with Crippen molar-refractivity contribution in [2.75, 3.05) is 11.9 Å². The first-order valence-corrected chi connectivity index (χ1v) is 6.81. The van der Waals surface area contributed by atoms with Gasteiger partial charge in [-0.25, -0.2) is 13.1 Å². The first kappa shape index (κ1) is 13.0. The summed E-state index contributed by atoms with van der Waals surface area (Å²) in [5, 5.41) is 3.12. The van der Waals surface area contributed by atoms with E-state index in [2.05, 4.69) is 10.0 Å². The molecule has 90 valence electrons. The van der Waals surface area contributed by atoms with Crippen LogP contribution in [0.3, 0.4) is 0 Å². The van der Waals surface area contributed by atoms with E-state index in [4.69, 9.17) is 0 Å². The van der Waals surface area contributed by atoms with Gasteiger partial charge in [0.25, 0.3) is 0 Å². The first-order chi connectivity index (χ1) is 7.47. The van der Waals surface area contributed by atoms with Gasteiger partial charge in [0.1, 0.15) is 4.90 Å². The van der Waals surface area contributed by atoms with Crippen LogP contribution in [0.4, 0.5) is 5.69 Å². The Hall–Kier alpha value is -1.07. The second-order valence-corrected chi connectivity index (χ2v) is 5.53. The summed E-state index contributed by atoms with van der Waals surface area (Å²) in [4.78, 5) is 0.297. The second-order valence-electron chi connectivity index (χ2n) is 3.80. The van der Waals surface area contributed by atoms with Gasteiger partial charge in [-0.15, -0.1) is 0 Å². The Kier molecular flexibility index (Phi) is 4.32. The Morgan fingerprint density at radius 3 is 2.44 bits per heavy atom. The average Bonchev–Trinajstić information content (AvgIpc) is 2.17. The van der Waals surface area contributed by atoms with E-state index in [1.165, 1.54) is 0 Å². The molecular formula is C11H18N2O2S. The Morgan fingerprint density at radius 2 is 1.88 bits per heavy atom. The standard InChI is InChI=1S/C11H18N2O2S/c1-4-12-16(14,15)11-8-6-5-7-10(11)13-9(2)3/h5-9,12-13H,4H2,1-3H3. The van der Waals surface area contributed by atoms with Gasteiger partial charge in [0.05, 0.1) is 5.69 Å². The Labute approximate surface area is 97.1 Å². The van der Waals surface area contributed by atoms with E-state index in [0.717, 1.165) is 0 Å². The maximum atomic E-state index is 11.9. The molecule has 0 fully saturated rings. The molecule has 0 bridgehead atoms. The molecule has 0 unspecified atom stereocenters. The minimum atomic E-state index is -3.40. The van der Waals surface area contributed by atoms with Crippen LogP contribution in [0.2, 0.25) is 0 Å². The van der Waals surface area contributed by atoms with Gasteiger partial charge < -0.3 is 5.32 Å². The van der Waals surface area contributed by atoms with Crippen LogP contribution in [0.15, 0.2) is 29.2 Å². The van der Waals surface area contributed by atoms with Crippen molar-refractivity contribution in [1.29, 1.82) is 0 Å². The van der Waals surface area contributed by atoms with Gasteiger partial charge in [0.2, 0.25) is 10.0 Å². The number of hydrogen-bond donors (Lipinski definition) is 2. The average molecular weight is 242 g/mol. The predicted molar refractivity (Wildman–Crippen MR) is 66.1 cm³/mol. The third kappa shape index (κ3) is 3.21. The smallest absolute Gasteiger partial charge is 0.242 e. The molecule has 5 heteroatoms. The van der Waals surface area contributed by atoms with Crippen LogP contribution in [-0.2, 0) is 10.0 Å². The van der Waals surface area contributed by atoms with Crippen molar-refractivity contribution in [2.24, 2.45) is 0 Å². The molecule has 2 N–H and O–H groups in total. The normalized spacial score (nSPS) is 11.8. The largest absolute Gasteiger partial charge is 0.382 e. The summed E-state index contributed by atoms with van der Waals surface area (Å²) >= 11 is 0. The first-order valence-electron chi connectivity index (χ1n) is 5.32. The van der Waals surface area contributed by atoms with Gasteiger partial charge in [0.15, 0.2) is 0 Å². The van der Waals surface area contributed by atoms with E-state index in [-0.39, 0.29) is 6.04 Å². The summed E-state index contributed by atoms with van der Waals surface area (Å²) in [5.74, 6) is 0. The summed E-state index contributed by atoms with van der Waals surface area (Å²) in [6.07, 6.45) is 0. The van der Waals surface area contributed by atoms with E-state index < -0.39 is 10.0 Å². The highest BCUT2D eigenvalue weighted by molar-refractivity contribution is 7.89. The molecule has 1 aromatic rings. The molecule has 4 nitrogen and oxygen atoms in total.